The summed E-state index contributed by atoms with van der Waals surface area (Å²) in [6.45, 7) is 3.66. The number of methoxy groups -OCH3 is 1. The minimum atomic E-state index is -0.341. The van der Waals surface area contributed by atoms with Crippen LogP contribution in [0.15, 0.2) is 41.3 Å². The van der Waals surface area contributed by atoms with Gasteiger partial charge in [-0.15, -0.1) is 0 Å². The van der Waals surface area contributed by atoms with Crippen LogP contribution in [0.1, 0.15) is 89.9 Å². The molecule has 1 heterocycles. The zero-order valence-electron chi connectivity index (χ0n) is 28.0. The number of nitrogen functional groups attached to an aromatic ring is 1. The van der Waals surface area contributed by atoms with Crippen molar-refractivity contribution in [2.24, 2.45) is 17.6 Å². The number of hydrogen-bond donors (Lipinski definition) is 3. The lowest BCUT2D eigenvalue weighted by atomic mass is 9.90. The van der Waals surface area contributed by atoms with Gasteiger partial charge in [-0.3, -0.25) is 0 Å². The molecule has 0 atom stereocenters. The standard InChI is InChI=1S/C19H20FN3OS2.C10H21NO.C7H15N/c20-15-9-13(21)5-8-17(15)26-23-19-22-16-7-6-14(10-18(16)25-19)24-11-12-3-1-2-4-12;1-11(8-9-12-2)10-6-4-3-5-7-10;8-6-7-4-2-1-3-5-7/h5-10,12H,1-4,11,21H2,(H,22,23);10H,3-9H2,1-2H3;7H,1-6,8H2. The molecule has 0 radical (unpaired) electrons. The number of thiazole rings is 1. The van der Waals surface area contributed by atoms with Gasteiger partial charge in [0.2, 0.25) is 0 Å². The molecule has 1 aromatic heterocycles. The zero-order valence-corrected chi connectivity index (χ0v) is 29.6. The van der Waals surface area contributed by atoms with E-state index in [-0.39, 0.29) is 5.82 Å². The molecule has 3 aromatic rings. The first kappa shape index (κ1) is 36.7. The lowest BCUT2D eigenvalue weighted by Gasteiger charge is -2.30. The first-order valence-electron chi connectivity index (χ1n) is 17.4. The van der Waals surface area contributed by atoms with E-state index in [9.17, 15) is 4.39 Å². The fourth-order valence-electron chi connectivity index (χ4n) is 6.49. The molecule has 7 nitrogen and oxygen atoms in total. The van der Waals surface area contributed by atoms with E-state index in [0.29, 0.717) is 16.5 Å². The van der Waals surface area contributed by atoms with Gasteiger partial charge in [-0.05, 0) is 112 Å². The number of benzene rings is 2. The van der Waals surface area contributed by atoms with Crippen LogP contribution in [-0.2, 0) is 4.74 Å². The third-order valence-electron chi connectivity index (χ3n) is 9.43. The molecule has 3 fully saturated rings. The second-order valence-corrected chi connectivity index (χ2v) is 14.9. The lowest BCUT2D eigenvalue weighted by Crippen LogP contribution is -2.35. The van der Waals surface area contributed by atoms with Gasteiger partial charge in [-0.25, -0.2) is 9.37 Å². The molecule has 256 valence electrons. The van der Waals surface area contributed by atoms with Crippen molar-refractivity contribution in [2.45, 2.75) is 101 Å². The lowest BCUT2D eigenvalue weighted by molar-refractivity contribution is 0.123. The van der Waals surface area contributed by atoms with E-state index in [2.05, 4.69) is 21.7 Å². The van der Waals surface area contributed by atoms with Gasteiger partial charge in [-0.2, -0.15) is 0 Å². The summed E-state index contributed by atoms with van der Waals surface area (Å²) in [6.07, 6.45) is 19.3. The Labute approximate surface area is 284 Å². The number of hydrogen-bond acceptors (Lipinski definition) is 9. The van der Waals surface area contributed by atoms with E-state index < -0.39 is 0 Å². The summed E-state index contributed by atoms with van der Waals surface area (Å²) in [5.74, 6) is 2.10. The van der Waals surface area contributed by atoms with Crippen molar-refractivity contribution in [3.05, 3.63) is 42.2 Å². The van der Waals surface area contributed by atoms with E-state index in [0.717, 1.165) is 59.4 Å². The Balaban J connectivity index is 0.000000197. The fourth-order valence-corrected chi connectivity index (χ4v) is 8.06. The van der Waals surface area contributed by atoms with Crippen LogP contribution in [0.5, 0.6) is 5.75 Å². The normalized spacial score (nSPS) is 17.8. The topological polar surface area (TPSA) is 98.7 Å². The quantitative estimate of drug-likeness (QED) is 0.137. The van der Waals surface area contributed by atoms with Crippen LogP contribution in [-0.4, -0.2) is 56.4 Å². The zero-order chi connectivity index (χ0) is 32.6. The van der Waals surface area contributed by atoms with Crippen molar-refractivity contribution in [2.75, 3.05) is 50.9 Å². The van der Waals surface area contributed by atoms with Crippen LogP contribution in [0.25, 0.3) is 10.2 Å². The van der Waals surface area contributed by atoms with Gasteiger partial charge in [0.1, 0.15) is 11.6 Å². The number of nitrogens with zero attached hydrogens (tertiary/aromatic N) is 2. The Morgan fingerprint density at radius 3 is 2.26 bits per heavy atom. The summed E-state index contributed by atoms with van der Waals surface area (Å²) in [5.41, 5.74) is 12.4. The van der Waals surface area contributed by atoms with Crippen molar-refractivity contribution < 1.29 is 13.9 Å². The monoisotopic (exact) mass is 673 g/mol. The Morgan fingerprint density at radius 1 is 0.935 bits per heavy atom. The predicted molar refractivity (Wildman–Crippen MR) is 194 cm³/mol. The van der Waals surface area contributed by atoms with E-state index in [4.69, 9.17) is 20.9 Å². The SMILES string of the molecule is COCCN(C)C1CCCCC1.NCC1CCCCC1.Nc1ccc(SNc2nc3ccc(OCC4CCCC4)cc3s2)c(F)c1. The van der Waals surface area contributed by atoms with Crippen LogP contribution in [0, 0.1) is 17.7 Å². The van der Waals surface area contributed by atoms with Crippen LogP contribution < -0.4 is 20.9 Å². The molecular weight excluding hydrogens is 618 g/mol. The van der Waals surface area contributed by atoms with Crippen LogP contribution >= 0.6 is 23.3 Å². The maximum Gasteiger partial charge on any atom is 0.194 e. The molecule has 3 saturated carbocycles. The molecule has 0 amide bonds. The summed E-state index contributed by atoms with van der Waals surface area (Å²) >= 11 is 2.72. The highest BCUT2D eigenvalue weighted by Crippen LogP contribution is 2.33. The summed E-state index contributed by atoms with van der Waals surface area (Å²) in [5, 5.41) is 0.731. The number of nitrogens with two attached hydrogens (primary N) is 2. The second-order valence-electron chi connectivity index (χ2n) is 13.0. The van der Waals surface area contributed by atoms with E-state index in [1.807, 2.05) is 18.2 Å². The molecule has 10 heteroatoms. The van der Waals surface area contributed by atoms with Gasteiger partial charge in [0.25, 0.3) is 0 Å². The van der Waals surface area contributed by atoms with Crippen LogP contribution in [0.2, 0.25) is 0 Å². The van der Waals surface area contributed by atoms with Crippen molar-refractivity contribution in [1.29, 1.82) is 0 Å². The summed E-state index contributed by atoms with van der Waals surface area (Å²) in [4.78, 5) is 7.47. The number of nitrogens with one attached hydrogen (secondary N) is 1. The van der Waals surface area contributed by atoms with Crippen molar-refractivity contribution in [3.63, 3.8) is 0 Å². The summed E-state index contributed by atoms with van der Waals surface area (Å²) in [7, 11) is 3.99. The third kappa shape index (κ3) is 12.5. The number of anilines is 2. The average Bonchev–Trinajstić information content (AvgIpc) is 3.77. The molecule has 0 aliphatic heterocycles. The Kier molecular flexibility index (Phi) is 16.2. The number of aromatic nitrogens is 1. The molecule has 5 N–H and O–H groups in total. The van der Waals surface area contributed by atoms with E-state index in [1.165, 1.54) is 119 Å². The molecular formula is C36H56FN5O2S2. The maximum absolute atomic E-state index is 13.8. The predicted octanol–water partition coefficient (Wildman–Crippen LogP) is 9.13. The number of fused-ring (bicyclic) bond motifs is 1. The molecule has 3 aliphatic rings. The van der Waals surface area contributed by atoms with Gasteiger partial charge in [-0.1, -0.05) is 62.7 Å². The first-order chi connectivity index (χ1) is 22.4. The average molecular weight is 674 g/mol. The van der Waals surface area contributed by atoms with Crippen molar-refractivity contribution in [1.82, 2.24) is 9.88 Å². The Bertz CT molecular complexity index is 1280. The maximum atomic E-state index is 13.8. The van der Waals surface area contributed by atoms with Crippen molar-refractivity contribution in [3.8, 4) is 5.75 Å². The molecule has 0 unspecified atom stereocenters. The summed E-state index contributed by atoms with van der Waals surface area (Å²) in [6, 6.07) is 11.4. The van der Waals surface area contributed by atoms with Gasteiger partial charge >= 0.3 is 0 Å². The van der Waals surface area contributed by atoms with Gasteiger partial charge < -0.3 is 30.6 Å². The van der Waals surface area contributed by atoms with Gasteiger partial charge in [0.15, 0.2) is 5.13 Å². The van der Waals surface area contributed by atoms with E-state index >= 15 is 0 Å². The second kappa shape index (κ2) is 20.3. The number of likely N-dealkylation sites (N-methyl/N-ethyl adjacent to an activating group) is 1. The first-order valence-corrected chi connectivity index (χ1v) is 19.0. The van der Waals surface area contributed by atoms with Crippen LogP contribution in [0.3, 0.4) is 0 Å². The summed E-state index contributed by atoms with van der Waals surface area (Å²) < 4.78 is 29.0. The minimum Gasteiger partial charge on any atom is -0.493 e. The van der Waals surface area contributed by atoms with Crippen molar-refractivity contribution >= 4 is 44.3 Å². The molecule has 46 heavy (non-hydrogen) atoms. The highest BCUT2D eigenvalue weighted by atomic mass is 32.2. The molecule has 2 aromatic carbocycles. The fraction of sp³-hybridized carbons (Fsp3) is 0.639. The number of halogens is 1. The van der Waals surface area contributed by atoms with Gasteiger partial charge in [0, 0.05) is 25.4 Å². The largest absolute Gasteiger partial charge is 0.493 e. The number of rotatable bonds is 11. The molecule has 0 spiro atoms. The Morgan fingerprint density at radius 2 is 1.61 bits per heavy atom. The molecule has 0 saturated heterocycles. The van der Waals surface area contributed by atoms with E-state index in [1.54, 1.807) is 19.2 Å². The molecule has 6 rings (SSSR count). The highest BCUT2D eigenvalue weighted by Gasteiger charge is 2.17. The Hall–Kier alpha value is -2.11. The smallest absolute Gasteiger partial charge is 0.194 e. The third-order valence-corrected chi connectivity index (χ3v) is 11.3. The number of ether oxygens (including phenoxy) is 2. The van der Waals surface area contributed by atoms with Gasteiger partial charge in [0.05, 0.1) is 28.3 Å². The molecule has 0 bridgehead atoms. The highest BCUT2D eigenvalue weighted by molar-refractivity contribution is 8.00. The van der Waals surface area contributed by atoms with Crippen LogP contribution in [0.4, 0.5) is 15.2 Å². The molecule has 3 aliphatic carbocycles. The minimum absolute atomic E-state index is 0.341.